The molecule has 0 aliphatic carbocycles. The fourth-order valence-electron chi connectivity index (χ4n) is 3.52. The number of carbonyl (C=O) groups excluding carboxylic acids is 1. The van der Waals surface area contributed by atoms with E-state index in [1.165, 1.54) is 17.3 Å². The maximum Gasteiger partial charge on any atom is 0.233 e. The zero-order chi connectivity index (χ0) is 21.0. The molecule has 0 radical (unpaired) electrons. The number of aryl methyl sites for hydroxylation is 1. The second-order valence-corrected chi connectivity index (χ2v) is 8.57. The molecule has 0 atom stereocenters. The summed E-state index contributed by atoms with van der Waals surface area (Å²) in [6.45, 7) is 10.2. The smallest absolute Gasteiger partial charge is 0.233 e. The summed E-state index contributed by atoms with van der Waals surface area (Å²) < 4.78 is 2.03. The molecule has 6 heteroatoms. The first kappa shape index (κ1) is 21.1. The van der Waals surface area contributed by atoms with Crippen LogP contribution in [0, 0.1) is 6.92 Å². The quantitative estimate of drug-likeness (QED) is 0.517. The third kappa shape index (κ3) is 4.88. The SMILES string of the molecule is Cc1cccc(-c2nnc(SCC(=O)N(C(C)C)C(C)C)n2-c2ccccc2)c1. The Hall–Kier alpha value is -2.60. The van der Waals surface area contributed by atoms with Crippen molar-refractivity contribution in [3.05, 3.63) is 60.2 Å². The molecular formula is C23H28N4OS. The van der Waals surface area contributed by atoms with E-state index in [9.17, 15) is 4.79 Å². The standard InChI is InChI=1S/C23H28N4OS/c1-16(2)26(17(3)4)21(28)15-29-23-25-24-22(19-11-9-10-18(5)14-19)27(23)20-12-7-6-8-13-20/h6-14,16-17H,15H2,1-5H3. The van der Waals surface area contributed by atoms with Crippen LogP contribution in [0.2, 0.25) is 0 Å². The number of aromatic nitrogens is 3. The van der Waals surface area contributed by atoms with E-state index in [1.807, 2.05) is 79.6 Å². The summed E-state index contributed by atoms with van der Waals surface area (Å²) in [4.78, 5) is 14.7. The number of thioether (sulfide) groups is 1. The highest BCUT2D eigenvalue weighted by molar-refractivity contribution is 7.99. The second-order valence-electron chi connectivity index (χ2n) is 7.62. The van der Waals surface area contributed by atoms with Gasteiger partial charge in [-0.2, -0.15) is 0 Å². The van der Waals surface area contributed by atoms with Gasteiger partial charge in [-0.25, -0.2) is 0 Å². The molecule has 0 saturated carbocycles. The van der Waals surface area contributed by atoms with Gasteiger partial charge in [-0.3, -0.25) is 9.36 Å². The van der Waals surface area contributed by atoms with E-state index in [0.29, 0.717) is 10.9 Å². The lowest BCUT2D eigenvalue weighted by Crippen LogP contribution is -2.43. The number of nitrogens with zero attached hydrogens (tertiary/aromatic N) is 4. The van der Waals surface area contributed by atoms with E-state index >= 15 is 0 Å². The van der Waals surface area contributed by atoms with Gasteiger partial charge in [-0.15, -0.1) is 10.2 Å². The molecule has 5 nitrogen and oxygen atoms in total. The van der Waals surface area contributed by atoms with E-state index in [2.05, 4.69) is 29.3 Å². The predicted octanol–water partition coefficient (Wildman–Crippen LogP) is 4.98. The van der Waals surface area contributed by atoms with Crippen molar-refractivity contribution in [3.63, 3.8) is 0 Å². The first-order valence-corrected chi connectivity index (χ1v) is 10.9. The van der Waals surface area contributed by atoms with Gasteiger partial charge in [0.1, 0.15) is 0 Å². The number of rotatable bonds is 7. The second kappa shape index (κ2) is 9.27. The molecule has 29 heavy (non-hydrogen) atoms. The van der Waals surface area contributed by atoms with Gasteiger partial charge in [0.15, 0.2) is 11.0 Å². The van der Waals surface area contributed by atoms with Crippen molar-refractivity contribution in [1.82, 2.24) is 19.7 Å². The van der Waals surface area contributed by atoms with Crippen LogP contribution in [0.1, 0.15) is 33.3 Å². The molecule has 1 aromatic heterocycles. The van der Waals surface area contributed by atoms with Crippen molar-refractivity contribution in [2.45, 2.75) is 51.9 Å². The van der Waals surface area contributed by atoms with E-state index in [1.54, 1.807) is 0 Å². The first-order chi connectivity index (χ1) is 13.9. The zero-order valence-electron chi connectivity index (χ0n) is 17.7. The number of amides is 1. The van der Waals surface area contributed by atoms with Crippen LogP contribution < -0.4 is 0 Å². The highest BCUT2D eigenvalue weighted by Gasteiger charge is 2.22. The van der Waals surface area contributed by atoms with E-state index in [0.717, 1.165) is 17.1 Å². The molecule has 3 rings (SSSR count). The number of benzene rings is 2. The van der Waals surface area contributed by atoms with Gasteiger partial charge in [-0.05, 0) is 52.8 Å². The lowest BCUT2D eigenvalue weighted by molar-refractivity contribution is -0.131. The average molecular weight is 409 g/mol. The van der Waals surface area contributed by atoms with Crippen LogP contribution in [0.15, 0.2) is 59.8 Å². The van der Waals surface area contributed by atoms with Crippen LogP contribution >= 0.6 is 11.8 Å². The first-order valence-electron chi connectivity index (χ1n) is 9.90. The Kier molecular flexibility index (Phi) is 6.75. The summed E-state index contributed by atoms with van der Waals surface area (Å²) in [7, 11) is 0. The molecule has 2 aromatic carbocycles. The van der Waals surface area contributed by atoms with Gasteiger partial charge >= 0.3 is 0 Å². The van der Waals surface area contributed by atoms with Crippen molar-refractivity contribution in [3.8, 4) is 17.1 Å². The largest absolute Gasteiger partial charge is 0.337 e. The molecule has 0 fully saturated rings. The molecular weight excluding hydrogens is 380 g/mol. The van der Waals surface area contributed by atoms with Gasteiger partial charge in [-0.1, -0.05) is 53.7 Å². The molecule has 152 valence electrons. The van der Waals surface area contributed by atoms with Gasteiger partial charge in [0.05, 0.1) is 5.75 Å². The van der Waals surface area contributed by atoms with Crippen LogP contribution in [-0.2, 0) is 4.79 Å². The minimum atomic E-state index is 0.111. The van der Waals surface area contributed by atoms with Crippen molar-refractivity contribution >= 4 is 17.7 Å². The van der Waals surface area contributed by atoms with E-state index in [4.69, 9.17) is 0 Å². The summed E-state index contributed by atoms with van der Waals surface area (Å²) in [5.74, 6) is 1.22. The highest BCUT2D eigenvalue weighted by Crippen LogP contribution is 2.28. The minimum Gasteiger partial charge on any atom is -0.337 e. The fraction of sp³-hybridized carbons (Fsp3) is 0.348. The van der Waals surface area contributed by atoms with E-state index in [-0.39, 0.29) is 18.0 Å². The van der Waals surface area contributed by atoms with Crippen molar-refractivity contribution in [1.29, 1.82) is 0 Å². The number of hydrogen-bond donors (Lipinski definition) is 0. The highest BCUT2D eigenvalue weighted by atomic mass is 32.2. The van der Waals surface area contributed by atoms with Crippen molar-refractivity contribution < 1.29 is 4.79 Å². The normalized spacial score (nSPS) is 11.3. The molecule has 0 aliphatic rings. The maximum absolute atomic E-state index is 12.8. The Labute approximate surface area is 177 Å². The van der Waals surface area contributed by atoms with Crippen LogP contribution in [0.25, 0.3) is 17.1 Å². The van der Waals surface area contributed by atoms with Crippen LogP contribution in [0.5, 0.6) is 0 Å². The lowest BCUT2D eigenvalue weighted by atomic mass is 10.1. The molecule has 0 N–H and O–H groups in total. The lowest BCUT2D eigenvalue weighted by Gasteiger charge is -2.30. The number of para-hydroxylation sites is 1. The minimum absolute atomic E-state index is 0.111. The van der Waals surface area contributed by atoms with E-state index < -0.39 is 0 Å². The Morgan fingerprint density at radius 2 is 1.69 bits per heavy atom. The average Bonchev–Trinajstić information content (AvgIpc) is 3.10. The molecule has 1 heterocycles. The molecule has 0 unspecified atom stereocenters. The summed E-state index contributed by atoms with van der Waals surface area (Å²) in [6, 6.07) is 18.6. The molecule has 0 spiro atoms. The summed E-state index contributed by atoms with van der Waals surface area (Å²) in [5, 5.41) is 9.61. The maximum atomic E-state index is 12.8. The summed E-state index contributed by atoms with van der Waals surface area (Å²) in [6.07, 6.45) is 0. The predicted molar refractivity (Wildman–Crippen MR) is 119 cm³/mol. The monoisotopic (exact) mass is 408 g/mol. The Bertz CT molecular complexity index is 958. The van der Waals surface area contributed by atoms with Crippen LogP contribution in [-0.4, -0.2) is 43.4 Å². The van der Waals surface area contributed by atoms with Gasteiger partial charge in [0.25, 0.3) is 0 Å². The fourth-order valence-corrected chi connectivity index (χ4v) is 4.34. The topological polar surface area (TPSA) is 51.0 Å². The van der Waals surface area contributed by atoms with Crippen molar-refractivity contribution in [2.24, 2.45) is 0 Å². The molecule has 0 saturated heterocycles. The van der Waals surface area contributed by atoms with Crippen molar-refractivity contribution in [2.75, 3.05) is 5.75 Å². The van der Waals surface area contributed by atoms with Crippen LogP contribution in [0.3, 0.4) is 0 Å². The van der Waals surface area contributed by atoms with Gasteiger partial charge in [0, 0.05) is 23.3 Å². The Balaban J connectivity index is 1.94. The third-order valence-electron chi connectivity index (χ3n) is 4.65. The zero-order valence-corrected chi connectivity index (χ0v) is 18.5. The summed E-state index contributed by atoms with van der Waals surface area (Å²) in [5.41, 5.74) is 3.15. The third-order valence-corrected chi connectivity index (χ3v) is 5.56. The molecule has 0 bridgehead atoms. The number of carbonyl (C=O) groups is 1. The molecule has 3 aromatic rings. The number of hydrogen-bond acceptors (Lipinski definition) is 4. The Morgan fingerprint density at radius 3 is 2.31 bits per heavy atom. The molecule has 0 aliphatic heterocycles. The van der Waals surface area contributed by atoms with Gasteiger partial charge < -0.3 is 4.90 Å². The van der Waals surface area contributed by atoms with Crippen LogP contribution in [0.4, 0.5) is 0 Å². The Morgan fingerprint density at radius 1 is 1.00 bits per heavy atom. The molecule has 1 amide bonds. The summed E-state index contributed by atoms with van der Waals surface area (Å²) >= 11 is 1.43. The van der Waals surface area contributed by atoms with Gasteiger partial charge in [0.2, 0.25) is 5.91 Å².